The van der Waals surface area contributed by atoms with Crippen molar-refractivity contribution in [3.05, 3.63) is 0 Å². The molecule has 2 saturated heterocycles. The van der Waals surface area contributed by atoms with Crippen molar-refractivity contribution < 1.29 is 14.3 Å². The van der Waals surface area contributed by atoms with E-state index in [9.17, 15) is 4.79 Å². The number of rotatable bonds is 11. The average Bonchev–Trinajstić information content (AvgIpc) is 2.76. The van der Waals surface area contributed by atoms with Gasteiger partial charge in [-0.1, -0.05) is 0 Å². The predicted octanol–water partition coefficient (Wildman–Crippen LogP) is 0.451. The topological polar surface area (TPSA) is 81.7 Å². The van der Waals surface area contributed by atoms with Crippen LogP contribution in [-0.2, 0) is 14.3 Å². The van der Waals surface area contributed by atoms with Gasteiger partial charge in [0.05, 0.1) is 13.2 Å². The molecule has 2 aliphatic heterocycles. The monoisotopic (exact) mass is 554 g/mol. The SMILES string of the molecule is COCCCN1CCC(NC(=NCC(=O)N(C)C)NCCCN2CCOCC2)CC1.I. The van der Waals surface area contributed by atoms with E-state index in [0.717, 1.165) is 97.3 Å². The Kier molecular flexibility index (Phi) is 15.4. The number of methoxy groups -OCH3 is 1. The van der Waals surface area contributed by atoms with E-state index in [1.807, 2.05) is 0 Å². The number of hydrogen-bond donors (Lipinski definition) is 2. The number of nitrogens with zero attached hydrogens (tertiary/aromatic N) is 4. The molecule has 0 atom stereocenters. The molecule has 1 amide bonds. The van der Waals surface area contributed by atoms with E-state index >= 15 is 0 Å². The van der Waals surface area contributed by atoms with Crippen LogP contribution in [0.25, 0.3) is 0 Å². The lowest BCUT2D eigenvalue weighted by Crippen LogP contribution is -2.49. The van der Waals surface area contributed by atoms with E-state index in [2.05, 4.69) is 25.4 Å². The van der Waals surface area contributed by atoms with Crippen molar-refractivity contribution in [2.45, 2.75) is 31.7 Å². The maximum atomic E-state index is 12.0. The Morgan fingerprint density at radius 3 is 2.39 bits per heavy atom. The van der Waals surface area contributed by atoms with Crippen molar-refractivity contribution in [2.24, 2.45) is 4.99 Å². The number of amides is 1. The van der Waals surface area contributed by atoms with Crippen LogP contribution in [0.1, 0.15) is 25.7 Å². The zero-order valence-corrected chi connectivity index (χ0v) is 21.9. The van der Waals surface area contributed by atoms with Crippen LogP contribution >= 0.6 is 24.0 Å². The number of hydrogen-bond acceptors (Lipinski definition) is 6. The van der Waals surface area contributed by atoms with E-state index in [4.69, 9.17) is 9.47 Å². The van der Waals surface area contributed by atoms with E-state index in [1.165, 1.54) is 0 Å². The fourth-order valence-corrected chi connectivity index (χ4v) is 3.70. The Balaban J connectivity index is 0.00000480. The summed E-state index contributed by atoms with van der Waals surface area (Å²) in [7, 11) is 5.28. The molecule has 2 rings (SSSR count). The number of guanidine groups is 1. The molecule has 2 aliphatic rings. The molecule has 0 aromatic rings. The van der Waals surface area contributed by atoms with E-state index in [1.54, 1.807) is 26.1 Å². The fourth-order valence-electron chi connectivity index (χ4n) is 3.70. The minimum absolute atomic E-state index is 0. The largest absolute Gasteiger partial charge is 0.385 e. The van der Waals surface area contributed by atoms with Crippen molar-refractivity contribution in [3.8, 4) is 0 Å². The minimum Gasteiger partial charge on any atom is -0.385 e. The second-order valence-corrected chi connectivity index (χ2v) is 8.29. The number of likely N-dealkylation sites (N-methyl/N-ethyl adjacent to an activating group) is 1. The Hall–Kier alpha value is -0.690. The van der Waals surface area contributed by atoms with Gasteiger partial charge in [0.25, 0.3) is 0 Å². The zero-order chi connectivity index (χ0) is 21.6. The summed E-state index contributed by atoms with van der Waals surface area (Å²) in [5.74, 6) is 0.766. The molecule has 0 unspecified atom stereocenters. The number of carbonyl (C=O) groups excluding carboxylic acids is 1. The summed E-state index contributed by atoms with van der Waals surface area (Å²) in [5, 5.41) is 6.99. The van der Waals surface area contributed by atoms with Crippen molar-refractivity contribution in [3.63, 3.8) is 0 Å². The highest BCUT2D eigenvalue weighted by Crippen LogP contribution is 2.10. The fraction of sp³-hybridized carbons (Fsp3) is 0.905. The molecule has 2 N–H and O–H groups in total. The maximum Gasteiger partial charge on any atom is 0.243 e. The van der Waals surface area contributed by atoms with Crippen molar-refractivity contribution in [2.75, 3.05) is 93.4 Å². The lowest BCUT2D eigenvalue weighted by atomic mass is 10.1. The van der Waals surface area contributed by atoms with Gasteiger partial charge in [-0.2, -0.15) is 0 Å². The Bertz CT molecular complexity index is 509. The number of aliphatic imine (C=N–C) groups is 1. The third kappa shape index (κ3) is 12.2. The smallest absolute Gasteiger partial charge is 0.243 e. The third-order valence-electron chi connectivity index (χ3n) is 5.67. The summed E-state index contributed by atoms with van der Waals surface area (Å²) >= 11 is 0. The normalized spacial score (nSPS) is 19.0. The Labute approximate surface area is 205 Å². The predicted molar refractivity (Wildman–Crippen MR) is 135 cm³/mol. The number of likely N-dealkylation sites (tertiary alicyclic amines) is 1. The second-order valence-electron chi connectivity index (χ2n) is 8.29. The first-order valence-corrected chi connectivity index (χ1v) is 11.3. The van der Waals surface area contributed by atoms with Crippen molar-refractivity contribution >= 4 is 35.8 Å². The molecular weight excluding hydrogens is 511 g/mol. The average molecular weight is 555 g/mol. The van der Waals surface area contributed by atoms with E-state index in [-0.39, 0.29) is 36.4 Å². The lowest BCUT2D eigenvalue weighted by Gasteiger charge is -2.33. The van der Waals surface area contributed by atoms with Crippen LogP contribution in [0, 0.1) is 0 Å². The number of nitrogens with one attached hydrogen (secondary N) is 2. The molecule has 31 heavy (non-hydrogen) atoms. The lowest BCUT2D eigenvalue weighted by molar-refractivity contribution is -0.127. The van der Waals surface area contributed by atoms with Gasteiger partial charge in [-0.25, -0.2) is 4.99 Å². The number of piperidine rings is 1. The zero-order valence-electron chi connectivity index (χ0n) is 19.6. The maximum absolute atomic E-state index is 12.0. The first kappa shape index (κ1) is 28.3. The first-order chi connectivity index (χ1) is 14.6. The van der Waals surface area contributed by atoms with Crippen LogP contribution in [0.4, 0.5) is 0 Å². The molecule has 0 aromatic carbocycles. The van der Waals surface area contributed by atoms with Gasteiger partial charge in [0.15, 0.2) is 5.96 Å². The van der Waals surface area contributed by atoms with Crippen LogP contribution in [0.3, 0.4) is 0 Å². The van der Waals surface area contributed by atoms with Crippen LogP contribution in [0.5, 0.6) is 0 Å². The third-order valence-corrected chi connectivity index (χ3v) is 5.67. The molecule has 9 nitrogen and oxygen atoms in total. The van der Waals surface area contributed by atoms with Gasteiger partial charge in [0, 0.05) is 73.1 Å². The summed E-state index contributed by atoms with van der Waals surface area (Å²) in [5.41, 5.74) is 0. The molecule has 182 valence electrons. The van der Waals surface area contributed by atoms with E-state index < -0.39 is 0 Å². The van der Waals surface area contributed by atoms with Crippen LogP contribution in [-0.4, -0.2) is 126 Å². The van der Waals surface area contributed by atoms with Crippen LogP contribution in [0.2, 0.25) is 0 Å². The number of ether oxygens (including phenoxy) is 2. The van der Waals surface area contributed by atoms with Gasteiger partial charge >= 0.3 is 0 Å². The summed E-state index contributed by atoms with van der Waals surface area (Å²) in [6.45, 7) is 9.85. The highest BCUT2D eigenvalue weighted by atomic mass is 127. The molecule has 10 heteroatoms. The summed E-state index contributed by atoms with van der Waals surface area (Å²) in [4.78, 5) is 23.0. The molecular formula is C21H43IN6O3. The quantitative estimate of drug-likeness (QED) is 0.166. The van der Waals surface area contributed by atoms with Crippen molar-refractivity contribution in [1.82, 2.24) is 25.3 Å². The molecule has 2 heterocycles. The molecule has 0 spiro atoms. The molecule has 0 aliphatic carbocycles. The highest BCUT2D eigenvalue weighted by Gasteiger charge is 2.20. The summed E-state index contributed by atoms with van der Waals surface area (Å²) in [6.07, 6.45) is 4.30. The molecule has 2 fully saturated rings. The van der Waals surface area contributed by atoms with Crippen molar-refractivity contribution in [1.29, 1.82) is 0 Å². The molecule has 0 aromatic heterocycles. The van der Waals surface area contributed by atoms with Gasteiger partial charge < -0.3 is 29.9 Å². The number of carbonyl (C=O) groups is 1. The first-order valence-electron chi connectivity index (χ1n) is 11.3. The van der Waals surface area contributed by atoms with Gasteiger partial charge in [-0.3, -0.25) is 9.69 Å². The minimum atomic E-state index is 0. The van der Waals surface area contributed by atoms with Gasteiger partial charge in [-0.15, -0.1) is 24.0 Å². The second kappa shape index (κ2) is 16.9. The van der Waals surface area contributed by atoms with Gasteiger partial charge in [0.2, 0.25) is 5.91 Å². The standard InChI is InChI=1S/C21H42N6O3.HI/c1-25(2)20(28)18-23-21(22-8-4-9-27-13-16-30-17-14-27)24-19-6-11-26(12-7-19)10-5-15-29-3;/h19H,4-18H2,1-3H3,(H2,22,23,24);1H. The van der Waals surface area contributed by atoms with Crippen LogP contribution < -0.4 is 10.6 Å². The molecule has 0 saturated carbocycles. The van der Waals surface area contributed by atoms with Gasteiger partial charge in [-0.05, 0) is 32.2 Å². The number of halogens is 1. The van der Waals surface area contributed by atoms with Crippen LogP contribution in [0.15, 0.2) is 4.99 Å². The number of morpholine rings is 1. The Morgan fingerprint density at radius 2 is 1.74 bits per heavy atom. The summed E-state index contributed by atoms with van der Waals surface area (Å²) < 4.78 is 10.6. The molecule has 0 radical (unpaired) electrons. The van der Waals surface area contributed by atoms with E-state index in [0.29, 0.717) is 6.04 Å². The molecule has 0 bridgehead atoms. The van der Waals surface area contributed by atoms with Gasteiger partial charge in [0.1, 0.15) is 6.54 Å². The Morgan fingerprint density at radius 1 is 1.10 bits per heavy atom. The highest BCUT2D eigenvalue weighted by molar-refractivity contribution is 14.0. The summed E-state index contributed by atoms with van der Waals surface area (Å²) in [6, 6.07) is 0.392.